The van der Waals surface area contributed by atoms with Crippen LogP contribution in [0.5, 0.6) is 0 Å². The number of rotatable bonds is 4. The van der Waals surface area contributed by atoms with E-state index in [0.717, 1.165) is 34.5 Å². The molecule has 0 radical (unpaired) electrons. The van der Waals surface area contributed by atoms with Crippen molar-refractivity contribution >= 4 is 11.6 Å². The molecule has 1 heterocycles. The van der Waals surface area contributed by atoms with Gasteiger partial charge in [-0.15, -0.1) is 0 Å². The van der Waals surface area contributed by atoms with Gasteiger partial charge < -0.3 is 9.84 Å². The molecule has 4 nitrogen and oxygen atoms in total. The van der Waals surface area contributed by atoms with Gasteiger partial charge in [-0.25, -0.2) is 0 Å². The Bertz CT molecular complexity index is 610. The highest BCUT2D eigenvalue weighted by Crippen LogP contribution is 2.22. The van der Waals surface area contributed by atoms with Crippen molar-refractivity contribution in [2.24, 2.45) is 0 Å². The summed E-state index contributed by atoms with van der Waals surface area (Å²) < 4.78 is 5.08. The minimum Gasteiger partial charge on any atom is -0.361 e. The van der Waals surface area contributed by atoms with E-state index in [1.165, 1.54) is 0 Å². The van der Waals surface area contributed by atoms with Crippen LogP contribution in [0.3, 0.4) is 0 Å². The molecule has 0 bridgehead atoms. The molecule has 2 aromatic rings. The largest absolute Gasteiger partial charge is 0.361 e. The molecule has 0 aliphatic rings. The highest BCUT2D eigenvalue weighted by Gasteiger charge is 2.15. The van der Waals surface area contributed by atoms with E-state index in [4.69, 9.17) is 4.52 Å². The number of carbonyl (C=O) groups is 1. The van der Waals surface area contributed by atoms with E-state index < -0.39 is 0 Å². The summed E-state index contributed by atoms with van der Waals surface area (Å²) in [5.41, 5.74) is 4.80. The van der Waals surface area contributed by atoms with Gasteiger partial charge in [0.2, 0.25) is 5.91 Å². The second kappa shape index (κ2) is 5.90. The number of nitrogens with zero attached hydrogens (tertiary/aromatic N) is 1. The lowest BCUT2D eigenvalue weighted by Crippen LogP contribution is -2.17. The van der Waals surface area contributed by atoms with Gasteiger partial charge in [0.1, 0.15) is 5.76 Å². The molecule has 0 aliphatic heterocycles. The van der Waals surface area contributed by atoms with E-state index >= 15 is 0 Å². The van der Waals surface area contributed by atoms with Crippen LogP contribution in [0.25, 0.3) is 0 Å². The van der Waals surface area contributed by atoms with Crippen molar-refractivity contribution in [2.75, 3.05) is 5.32 Å². The third-order valence-electron chi connectivity index (χ3n) is 3.52. The second-order valence-corrected chi connectivity index (χ2v) is 4.99. The first-order chi connectivity index (χ1) is 9.52. The molecule has 0 saturated carbocycles. The molecule has 1 N–H and O–H groups in total. The van der Waals surface area contributed by atoms with Crippen molar-refractivity contribution in [2.45, 2.75) is 40.5 Å². The predicted octanol–water partition coefficient (Wildman–Crippen LogP) is 3.34. The van der Waals surface area contributed by atoms with Crippen LogP contribution in [0, 0.1) is 20.8 Å². The zero-order chi connectivity index (χ0) is 14.7. The van der Waals surface area contributed by atoms with Crippen molar-refractivity contribution in [3.05, 3.63) is 46.3 Å². The Morgan fingerprint density at radius 2 is 2.05 bits per heavy atom. The quantitative estimate of drug-likeness (QED) is 0.928. The third-order valence-corrected chi connectivity index (χ3v) is 3.52. The lowest BCUT2D eigenvalue weighted by Gasteiger charge is -2.12. The van der Waals surface area contributed by atoms with Gasteiger partial charge in [-0.2, -0.15) is 0 Å². The third kappa shape index (κ3) is 2.90. The Hall–Kier alpha value is -2.10. The van der Waals surface area contributed by atoms with Crippen LogP contribution in [0.15, 0.2) is 22.7 Å². The number of amides is 1. The Balaban J connectivity index is 2.17. The highest BCUT2D eigenvalue weighted by atomic mass is 16.5. The fourth-order valence-corrected chi connectivity index (χ4v) is 2.30. The molecule has 4 heteroatoms. The maximum absolute atomic E-state index is 12.2. The summed E-state index contributed by atoms with van der Waals surface area (Å²) in [6.07, 6.45) is 1.18. The maximum Gasteiger partial charge on any atom is 0.229 e. The summed E-state index contributed by atoms with van der Waals surface area (Å²) in [5, 5.41) is 6.89. The smallest absolute Gasteiger partial charge is 0.229 e. The first kappa shape index (κ1) is 14.3. The van der Waals surface area contributed by atoms with Gasteiger partial charge in [0.05, 0.1) is 12.1 Å². The van der Waals surface area contributed by atoms with E-state index in [2.05, 4.69) is 17.4 Å². The molecule has 0 unspecified atom stereocenters. The number of aromatic nitrogens is 1. The van der Waals surface area contributed by atoms with Crippen LogP contribution in [0.2, 0.25) is 0 Å². The van der Waals surface area contributed by atoms with Gasteiger partial charge in [0.15, 0.2) is 0 Å². The summed E-state index contributed by atoms with van der Waals surface area (Å²) >= 11 is 0. The molecule has 1 amide bonds. The van der Waals surface area contributed by atoms with Gasteiger partial charge in [-0.3, -0.25) is 4.79 Å². The van der Waals surface area contributed by atoms with Gasteiger partial charge in [-0.1, -0.05) is 30.3 Å². The van der Waals surface area contributed by atoms with E-state index in [1.807, 2.05) is 39.0 Å². The zero-order valence-corrected chi connectivity index (χ0v) is 12.4. The number of aryl methyl sites for hydroxylation is 4. The minimum atomic E-state index is -0.0385. The molecule has 0 saturated heterocycles. The van der Waals surface area contributed by atoms with Crippen molar-refractivity contribution in [3.8, 4) is 0 Å². The molecule has 2 rings (SSSR count). The first-order valence-corrected chi connectivity index (χ1v) is 6.83. The number of benzene rings is 1. The summed E-state index contributed by atoms with van der Waals surface area (Å²) in [6, 6.07) is 6.06. The Labute approximate surface area is 119 Å². The summed E-state index contributed by atoms with van der Waals surface area (Å²) in [4.78, 5) is 12.2. The molecular formula is C16H20N2O2. The minimum absolute atomic E-state index is 0.0385. The van der Waals surface area contributed by atoms with Gasteiger partial charge in [0, 0.05) is 11.3 Å². The van der Waals surface area contributed by atoms with Crippen molar-refractivity contribution in [1.29, 1.82) is 0 Å². The molecule has 0 fully saturated rings. The van der Waals surface area contributed by atoms with Gasteiger partial charge in [0.25, 0.3) is 0 Å². The Kier molecular flexibility index (Phi) is 4.23. The zero-order valence-electron chi connectivity index (χ0n) is 12.4. The lowest BCUT2D eigenvalue weighted by molar-refractivity contribution is -0.115. The van der Waals surface area contributed by atoms with E-state index in [9.17, 15) is 4.79 Å². The lowest BCUT2D eigenvalue weighted by atomic mass is 10.0. The molecule has 0 atom stereocenters. The average molecular weight is 272 g/mol. The van der Waals surface area contributed by atoms with Gasteiger partial charge in [-0.05, 0) is 38.3 Å². The summed E-state index contributed by atoms with van der Waals surface area (Å²) in [7, 11) is 0. The van der Waals surface area contributed by atoms with Crippen LogP contribution in [-0.4, -0.2) is 11.1 Å². The second-order valence-electron chi connectivity index (χ2n) is 4.99. The normalized spacial score (nSPS) is 10.6. The molecule has 0 aliphatic carbocycles. The van der Waals surface area contributed by atoms with Crippen molar-refractivity contribution in [3.63, 3.8) is 0 Å². The monoisotopic (exact) mass is 272 g/mol. The Morgan fingerprint density at radius 1 is 1.30 bits per heavy atom. The first-order valence-electron chi connectivity index (χ1n) is 6.83. The maximum atomic E-state index is 12.2. The Morgan fingerprint density at radius 3 is 2.65 bits per heavy atom. The van der Waals surface area contributed by atoms with Crippen LogP contribution in [-0.2, 0) is 17.6 Å². The van der Waals surface area contributed by atoms with Crippen LogP contribution < -0.4 is 5.32 Å². The van der Waals surface area contributed by atoms with Crippen LogP contribution in [0.1, 0.15) is 35.1 Å². The van der Waals surface area contributed by atoms with Crippen molar-refractivity contribution < 1.29 is 9.32 Å². The SMILES string of the molecule is CCc1cccc(C)c1NC(=O)Cc1c(C)noc1C. The highest BCUT2D eigenvalue weighted by molar-refractivity contribution is 5.94. The molecule has 1 aromatic carbocycles. The topological polar surface area (TPSA) is 55.1 Å². The van der Waals surface area contributed by atoms with Crippen LogP contribution >= 0.6 is 0 Å². The predicted molar refractivity (Wildman–Crippen MR) is 78.9 cm³/mol. The average Bonchev–Trinajstić information content (AvgIpc) is 2.73. The molecule has 106 valence electrons. The fourth-order valence-electron chi connectivity index (χ4n) is 2.30. The summed E-state index contributed by atoms with van der Waals surface area (Å²) in [5.74, 6) is 0.668. The standard InChI is InChI=1S/C16H20N2O2/c1-5-13-8-6-7-10(2)16(13)17-15(19)9-14-11(3)18-20-12(14)4/h6-8H,5,9H2,1-4H3,(H,17,19). The molecule has 20 heavy (non-hydrogen) atoms. The molecule has 0 spiro atoms. The number of hydrogen-bond donors (Lipinski definition) is 1. The molecule has 1 aromatic heterocycles. The van der Waals surface area contributed by atoms with E-state index in [-0.39, 0.29) is 5.91 Å². The molecular weight excluding hydrogens is 252 g/mol. The number of para-hydroxylation sites is 1. The summed E-state index contributed by atoms with van der Waals surface area (Å²) in [6.45, 7) is 7.77. The van der Waals surface area contributed by atoms with Crippen LogP contribution in [0.4, 0.5) is 5.69 Å². The van der Waals surface area contributed by atoms with Crippen molar-refractivity contribution in [1.82, 2.24) is 5.16 Å². The number of hydrogen-bond acceptors (Lipinski definition) is 3. The van der Waals surface area contributed by atoms with Gasteiger partial charge >= 0.3 is 0 Å². The van der Waals surface area contributed by atoms with E-state index in [0.29, 0.717) is 12.2 Å². The van der Waals surface area contributed by atoms with E-state index in [1.54, 1.807) is 0 Å². The fraction of sp³-hybridized carbons (Fsp3) is 0.375. The number of anilines is 1. The number of carbonyl (C=O) groups excluding carboxylic acids is 1. The number of nitrogens with one attached hydrogen (secondary N) is 1.